The van der Waals surface area contributed by atoms with Crippen molar-refractivity contribution in [1.82, 2.24) is 0 Å². The van der Waals surface area contributed by atoms with Crippen molar-refractivity contribution in [3.8, 4) is 0 Å². The number of benzene rings is 1. The number of hydrogen-bond acceptors (Lipinski definition) is 0. The van der Waals surface area contributed by atoms with Gasteiger partial charge in [-0.15, -0.1) is 0 Å². The van der Waals surface area contributed by atoms with E-state index in [9.17, 15) is 0 Å². The molecule has 1 aromatic rings. The van der Waals surface area contributed by atoms with Gasteiger partial charge in [-0.25, -0.2) is 0 Å². The first-order chi connectivity index (χ1) is 5.73. The van der Waals surface area contributed by atoms with E-state index in [1.807, 2.05) is 0 Å². The van der Waals surface area contributed by atoms with Crippen molar-refractivity contribution in [2.24, 2.45) is 0 Å². The first kappa shape index (κ1) is 10.3. The molecule has 1 radical (unpaired) electrons. The van der Waals surface area contributed by atoms with E-state index in [1.54, 1.807) is 0 Å². The van der Waals surface area contributed by atoms with E-state index in [0.29, 0.717) is 0 Å². The zero-order chi connectivity index (χ0) is 9.03. The quantitative estimate of drug-likeness (QED) is 0.566. The summed E-state index contributed by atoms with van der Waals surface area (Å²) in [6.45, 7) is 4.56. The topological polar surface area (TPSA) is 0 Å². The second-order valence-electron chi connectivity index (χ2n) is 2.86. The minimum absolute atomic E-state index is 0.909. The van der Waals surface area contributed by atoms with E-state index >= 15 is 0 Å². The molecule has 1 aromatic carbocycles. The van der Waals surface area contributed by atoms with Crippen LogP contribution in [0.5, 0.6) is 0 Å². The van der Waals surface area contributed by atoms with Gasteiger partial charge < -0.3 is 0 Å². The third-order valence-electron chi connectivity index (χ3n) is 2.25. The Hall–Kier alpha value is 0.169. The Morgan fingerprint density at radius 1 is 1.08 bits per heavy atom. The first-order valence-corrected chi connectivity index (χ1v) is 8.74. The summed E-state index contributed by atoms with van der Waals surface area (Å²) in [6.07, 6.45) is 2.54. The van der Waals surface area contributed by atoms with E-state index < -0.39 is 5.95 Å². The molecular formula is C10H15PSe+. The Balaban J connectivity index is 2.95. The van der Waals surface area contributed by atoms with Gasteiger partial charge >= 0.3 is 83.3 Å². The summed E-state index contributed by atoms with van der Waals surface area (Å²) in [7, 11) is 0. The van der Waals surface area contributed by atoms with Crippen LogP contribution in [0.15, 0.2) is 30.3 Å². The average molecular weight is 245 g/mol. The van der Waals surface area contributed by atoms with Crippen LogP contribution in [0.2, 0.25) is 0 Å². The second-order valence-corrected chi connectivity index (χ2v) is 10.8. The summed E-state index contributed by atoms with van der Waals surface area (Å²) in [4.78, 5) is 0. The molecule has 0 saturated carbocycles. The van der Waals surface area contributed by atoms with Crippen molar-refractivity contribution >= 4 is 26.8 Å². The summed E-state index contributed by atoms with van der Waals surface area (Å²) < 4.78 is 0. The summed E-state index contributed by atoms with van der Waals surface area (Å²) >= 11 is 3.42. The average Bonchev–Trinajstić information content (AvgIpc) is 2.18. The van der Waals surface area contributed by atoms with Gasteiger partial charge in [0.1, 0.15) is 0 Å². The van der Waals surface area contributed by atoms with E-state index in [4.69, 9.17) is 0 Å². The molecule has 0 amide bonds. The van der Waals surface area contributed by atoms with Crippen LogP contribution < -0.4 is 5.30 Å². The molecule has 0 unspecified atom stereocenters. The molecule has 0 bridgehead atoms. The normalized spacial score (nSPS) is 11.6. The molecule has 65 valence electrons. The van der Waals surface area contributed by atoms with Crippen molar-refractivity contribution in [2.45, 2.75) is 13.8 Å². The van der Waals surface area contributed by atoms with Crippen molar-refractivity contribution in [1.29, 1.82) is 0 Å². The summed E-state index contributed by atoms with van der Waals surface area (Å²) in [6, 6.07) is 10.8. The van der Waals surface area contributed by atoms with Gasteiger partial charge in [0, 0.05) is 0 Å². The van der Waals surface area contributed by atoms with Crippen molar-refractivity contribution in [3.63, 3.8) is 0 Å². The zero-order valence-corrected chi connectivity index (χ0v) is 10.3. The predicted molar refractivity (Wildman–Crippen MR) is 59.8 cm³/mol. The van der Waals surface area contributed by atoms with Crippen LogP contribution in [0.4, 0.5) is 0 Å². The number of rotatable bonds is 3. The SMILES string of the molecule is CC[P+]([Se])(CC)c1ccccc1. The van der Waals surface area contributed by atoms with Gasteiger partial charge in [-0.05, 0) is 0 Å². The van der Waals surface area contributed by atoms with E-state index in [2.05, 4.69) is 59.7 Å². The first-order valence-electron chi connectivity index (χ1n) is 4.36. The van der Waals surface area contributed by atoms with Gasteiger partial charge in [0.25, 0.3) is 0 Å². The third kappa shape index (κ3) is 2.10. The molecule has 0 aromatic heterocycles. The van der Waals surface area contributed by atoms with Gasteiger partial charge in [-0.2, -0.15) is 0 Å². The van der Waals surface area contributed by atoms with Crippen LogP contribution >= 0.6 is 5.95 Å². The molecule has 0 nitrogen and oxygen atoms in total. The molecule has 0 aliphatic carbocycles. The van der Waals surface area contributed by atoms with Crippen molar-refractivity contribution in [3.05, 3.63) is 30.3 Å². The molecule has 2 heteroatoms. The molecule has 0 atom stereocenters. The molecule has 1 rings (SSSR count). The van der Waals surface area contributed by atoms with Gasteiger partial charge in [0.2, 0.25) is 0 Å². The molecule has 0 fully saturated rings. The molecule has 0 spiro atoms. The maximum absolute atomic E-state index is 3.42. The fourth-order valence-corrected chi connectivity index (χ4v) is 3.95. The Bertz CT molecular complexity index is 229. The Morgan fingerprint density at radius 3 is 2.00 bits per heavy atom. The fourth-order valence-electron chi connectivity index (χ4n) is 1.29. The van der Waals surface area contributed by atoms with Crippen LogP contribution in [0, 0.1) is 0 Å². The van der Waals surface area contributed by atoms with Crippen LogP contribution in [0.3, 0.4) is 0 Å². The monoisotopic (exact) mass is 246 g/mol. The Morgan fingerprint density at radius 2 is 1.58 bits per heavy atom. The van der Waals surface area contributed by atoms with Gasteiger partial charge in [0.15, 0.2) is 0 Å². The van der Waals surface area contributed by atoms with Gasteiger partial charge in [-0.3, -0.25) is 0 Å². The van der Waals surface area contributed by atoms with Gasteiger partial charge in [-0.1, -0.05) is 0 Å². The summed E-state index contributed by atoms with van der Waals surface area (Å²) in [5.74, 6) is -0.909. The maximum atomic E-state index is 3.42. The molecule has 0 aliphatic heterocycles. The van der Waals surface area contributed by atoms with E-state index in [-0.39, 0.29) is 0 Å². The summed E-state index contributed by atoms with van der Waals surface area (Å²) in [5, 5.41) is 1.52. The van der Waals surface area contributed by atoms with E-state index in [1.165, 1.54) is 17.6 Å². The number of hydrogen-bond donors (Lipinski definition) is 0. The fraction of sp³-hybridized carbons (Fsp3) is 0.400. The molecule has 0 heterocycles. The zero-order valence-electron chi connectivity index (χ0n) is 7.66. The standard InChI is InChI=1S/C10H15PSe/c1-3-11(12,4-2)10-8-6-5-7-9-10/h5-9H,3-4H2,1-2H3/q+1. The van der Waals surface area contributed by atoms with E-state index in [0.717, 1.165) is 0 Å². The third-order valence-corrected chi connectivity index (χ3v) is 10.1. The molecule has 0 saturated heterocycles. The molecular weight excluding hydrogens is 230 g/mol. The predicted octanol–water partition coefficient (Wildman–Crippen LogP) is 2.45. The molecule has 0 aliphatic rings. The summed E-state index contributed by atoms with van der Waals surface area (Å²) in [5.41, 5.74) is 0. The van der Waals surface area contributed by atoms with Crippen LogP contribution in [-0.4, -0.2) is 27.9 Å². The van der Waals surface area contributed by atoms with Gasteiger partial charge in [0.05, 0.1) is 0 Å². The Labute approximate surface area is 83.5 Å². The second kappa shape index (κ2) is 4.42. The molecule has 0 N–H and O–H groups in total. The van der Waals surface area contributed by atoms with Crippen LogP contribution in [-0.2, 0) is 0 Å². The molecule has 12 heavy (non-hydrogen) atoms. The van der Waals surface area contributed by atoms with Crippen molar-refractivity contribution < 1.29 is 0 Å². The van der Waals surface area contributed by atoms with Crippen molar-refractivity contribution in [2.75, 3.05) is 12.3 Å². The Kier molecular flexibility index (Phi) is 3.77. The van der Waals surface area contributed by atoms with Crippen LogP contribution in [0.25, 0.3) is 0 Å². The minimum atomic E-state index is -0.909. The van der Waals surface area contributed by atoms with Crippen LogP contribution in [0.1, 0.15) is 13.8 Å².